The second-order valence-electron chi connectivity index (χ2n) is 4.09. The van der Waals surface area contributed by atoms with Crippen LogP contribution in [-0.4, -0.2) is 25.6 Å². The van der Waals surface area contributed by atoms with Gasteiger partial charge in [0.05, 0.1) is 13.2 Å². The first-order valence-electron chi connectivity index (χ1n) is 6.37. The van der Waals surface area contributed by atoms with Crippen molar-refractivity contribution in [2.45, 2.75) is 27.3 Å². The second-order valence-corrected chi connectivity index (χ2v) is 4.09. The fourth-order valence-electron chi connectivity index (χ4n) is 1.64. The van der Waals surface area contributed by atoms with Crippen molar-refractivity contribution >= 4 is 5.91 Å². The van der Waals surface area contributed by atoms with E-state index in [2.05, 4.69) is 10.6 Å². The second kappa shape index (κ2) is 7.71. The predicted molar refractivity (Wildman–Crippen MR) is 72.7 cm³/mol. The molecular weight excluding hydrogens is 228 g/mol. The van der Waals surface area contributed by atoms with Crippen LogP contribution in [0.5, 0.6) is 5.75 Å². The highest BCUT2D eigenvalue weighted by atomic mass is 16.5. The number of ether oxygens (including phenoxy) is 1. The summed E-state index contributed by atoms with van der Waals surface area (Å²) in [6.07, 6.45) is 0. The molecule has 100 valence electrons. The van der Waals surface area contributed by atoms with E-state index in [1.165, 1.54) is 0 Å². The molecule has 0 saturated carbocycles. The summed E-state index contributed by atoms with van der Waals surface area (Å²) in [4.78, 5) is 11.4. The maximum Gasteiger partial charge on any atom is 0.234 e. The van der Waals surface area contributed by atoms with Crippen LogP contribution in [0.4, 0.5) is 0 Å². The van der Waals surface area contributed by atoms with Crippen LogP contribution in [0.25, 0.3) is 0 Å². The number of benzene rings is 1. The summed E-state index contributed by atoms with van der Waals surface area (Å²) >= 11 is 0. The van der Waals surface area contributed by atoms with Crippen LogP contribution in [0.2, 0.25) is 0 Å². The standard InChI is InChI=1S/C14H22N2O2/c1-4-15-10-14(17)16-9-12-6-7-13(18-5-2)11(3)8-12/h6-8,15H,4-5,9-10H2,1-3H3,(H,16,17). The van der Waals surface area contributed by atoms with E-state index in [-0.39, 0.29) is 5.91 Å². The lowest BCUT2D eigenvalue weighted by atomic mass is 10.1. The first kappa shape index (κ1) is 14.5. The zero-order valence-corrected chi connectivity index (χ0v) is 11.4. The Bertz CT molecular complexity index is 391. The molecule has 1 amide bonds. The number of hydrogen-bond acceptors (Lipinski definition) is 3. The SMILES string of the molecule is CCNCC(=O)NCc1ccc(OCC)c(C)c1. The van der Waals surface area contributed by atoms with Gasteiger partial charge >= 0.3 is 0 Å². The van der Waals surface area contributed by atoms with Gasteiger partial charge < -0.3 is 15.4 Å². The molecule has 4 nitrogen and oxygen atoms in total. The number of carbonyl (C=O) groups excluding carboxylic acids is 1. The van der Waals surface area contributed by atoms with Crippen LogP contribution in [0, 0.1) is 6.92 Å². The van der Waals surface area contributed by atoms with Gasteiger partial charge in [-0.3, -0.25) is 4.79 Å². The average molecular weight is 250 g/mol. The normalized spacial score (nSPS) is 10.2. The zero-order valence-electron chi connectivity index (χ0n) is 11.4. The fraction of sp³-hybridized carbons (Fsp3) is 0.500. The van der Waals surface area contributed by atoms with Crippen molar-refractivity contribution in [2.75, 3.05) is 19.7 Å². The van der Waals surface area contributed by atoms with Gasteiger partial charge in [0, 0.05) is 6.54 Å². The molecule has 0 radical (unpaired) electrons. The molecule has 0 heterocycles. The highest BCUT2D eigenvalue weighted by molar-refractivity contribution is 5.77. The Balaban J connectivity index is 2.48. The topological polar surface area (TPSA) is 50.4 Å². The number of carbonyl (C=O) groups is 1. The van der Waals surface area contributed by atoms with Crippen molar-refractivity contribution in [3.05, 3.63) is 29.3 Å². The largest absolute Gasteiger partial charge is 0.494 e. The van der Waals surface area contributed by atoms with Gasteiger partial charge in [0.2, 0.25) is 5.91 Å². The lowest BCUT2D eigenvalue weighted by Crippen LogP contribution is -2.33. The van der Waals surface area contributed by atoms with Gasteiger partial charge in [-0.25, -0.2) is 0 Å². The summed E-state index contributed by atoms with van der Waals surface area (Å²) in [6.45, 7) is 8.34. The predicted octanol–water partition coefficient (Wildman–Crippen LogP) is 1.62. The minimum Gasteiger partial charge on any atom is -0.494 e. The molecule has 0 unspecified atom stereocenters. The van der Waals surface area contributed by atoms with Gasteiger partial charge in [0.15, 0.2) is 0 Å². The first-order chi connectivity index (χ1) is 8.67. The molecule has 4 heteroatoms. The Labute approximate surface area is 109 Å². The van der Waals surface area contributed by atoms with Gasteiger partial charge in [-0.1, -0.05) is 19.1 Å². The van der Waals surface area contributed by atoms with Gasteiger partial charge in [0.25, 0.3) is 0 Å². The van der Waals surface area contributed by atoms with Crippen molar-refractivity contribution in [3.8, 4) is 5.75 Å². The van der Waals surface area contributed by atoms with Crippen LogP contribution < -0.4 is 15.4 Å². The molecule has 1 aromatic rings. The van der Waals surface area contributed by atoms with Crippen LogP contribution in [0.15, 0.2) is 18.2 Å². The smallest absolute Gasteiger partial charge is 0.234 e. The lowest BCUT2D eigenvalue weighted by molar-refractivity contribution is -0.120. The van der Waals surface area contributed by atoms with E-state index in [0.29, 0.717) is 19.7 Å². The van der Waals surface area contributed by atoms with E-state index < -0.39 is 0 Å². The van der Waals surface area contributed by atoms with Gasteiger partial charge in [0.1, 0.15) is 5.75 Å². The van der Waals surface area contributed by atoms with Gasteiger partial charge in [-0.15, -0.1) is 0 Å². The summed E-state index contributed by atoms with van der Waals surface area (Å²) in [7, 11) is 0. The van der Waals surface area contributed by atoms with Crippen LogP contribution in [0.3, 0.4) is 0 Å². The van der Waals surface area contributed by atoms with Crippen LogP contribution in [-0.2, 0) is 11.3 Å². The number of aryl methyl sites for hydroxylation is 1. The lowest BCUT2D eigenvalue weighted by Gasteiger charge is -2.10. The molecule has 1 aromatic carbocycles. The molecule has 0 atom stereocenters. The summed E-state index contributed by atoms with van der Waals surface area (Å²) in [5, 5.41) is 5.86. The number of rotatable bonds is 7. The summed E-state index contributed by atoms with van der Waals surface area (Å²) < 4.78 is 5.47. The quantitative estimate of drug-likeness (QED) is 0.773. The molecule has 0 aromatic heterocycles. The zero-order chi connectivity index (χ0) is 13.4. The molecule has 0 aliphatic carbocycles. The summed E-state index contributed by atoms with van der Waals surface area (Å²) in [5.74, 6) is 0.920. The maximum absolute atomic E-state index is 11.4. The van der Waals surface area contributed by atoms with E-state index in [0.717, 1.165) is 23.4 Å². The number of hydrogen-bond donors (Lipinski definition) is 2. The molecule has 0 bridgehead atoms. The molecule has 0 aliphatic rings. The van der Waals surface area contributed by atoms with E-state index in [1.807, 2.05) is 39.0 Å². The highest BCUT2D eigenvalue weighted by Gasteiger charge is 2.03. The van der Waals surface area contributed by atoms with E-state index in [4.69, 9.17) is 4.74 Å². The third kappa shape index (κ3) is 4.75. The molecule has 0 fully saturated rings. The molecular formula is C14H22N2O2. The number of likely N-dealkylation sites (N-methyl/N-ethyl adjacent to an activating group) is 1. The Hall–Kier alpha value is -1.55. The van der Waals surface area contributed by atoms with Crippen molar-refractivity contribution in [1.29, 1.82) is 0 Å². The van der Waals surface area contributed by atoms with Crippen LogP contribution >= 0.6 is 0 Å². The number of nitrogens with one attached hydrogen (secondary N) is 2. The molecule has 18 heavy (non-hydrogen) atoms. The Morgan fingerprint density at radius 2 is 2.11 bits per heavy atom. The third-order valence-electron chi connectivity index (χ3n) is 2.56. The van der Waals surface area contributed by atoms with E-state index >= 15 is 0 Å². The third-order valence-corrected chi connectivity index (χ3v) is 2.56. The molecule has 1 rings (SSSR count). The monoisotopic (exact) mass is 250 g/mol. The highest BCUT2D eigenvalue weighted by Crippen LogP contribution is 2.18. The molecule has 2 N–H and O–H groups in total. The Morgan fingerprint density at radius 3 is 2.72 bits per heavy atom. The average Bonchev–Trinajstić information content (AvgIpc) is 2.37. The summed E-state index contributed by atoms with van der Waals surface area (Å²) in [6, 6.07) is 5.97. The van der Waals surface area contributed by atoms with E-state index in [1.54, 1.807) is 0 Å². The fourth-order valence-corrected chi connectivity index (χ4v) is 1.64. The minimum absolute atomic E-state index is 0.0170. The minimum atomic E-state index is 0.0170. The molecule has 0 aliphatic heterocycles. The van der Waals surface area contributed by atoms with Crippen molar-refractivity contribution in [2.24, 2.45) is 0 Å². The van der Waals surface area contributed by atoms with Crippen molar-refractivity contribution < 1.29 is 9.53 Å². The van der Waals surface area contributed by atoms with Crippen LogP contribution in [0.1, 0.15) is 25.0 Å². The van der Waals surface area contributed by atoms with Gasteiger partial charge in [-0.2, -0.15) is 0 Å². The Kier molecular flexibility index (Phi) is 6.22. The van der Waals surface area contributed by atoms with Crippen molar-refractivity contribution in [1.82, 2.24) is 10.6 Å². The van der Waals surface area contributed by atoms with Gasteiger partial charge in [-0.05, 0) is 37.6 Å². The Morgan fingerprint density at radius 1 is 1.33 bits per heavy atom. The van der Waals surface area contributed by atoms with Crippen molar-refractivity contribution in [3.63, 3.8) is 0 Å². The molecule has 0 spiro atoms. The first-order valence-corrected chi connectivity index (χ1v) is 6.37. The maximum atomic E-state index is 11.4. The van der Waals surface area contributed by atoms with E-state index in [9.17, 15) is 4.79 Å². The summed E-state index contributed by atoms with van der Waals surface area (Å²) in [5.41, 5.74) is 2.18. The molecule has 0 saturated heterocycles. The number of amides is 1.